The first-order valence-corrected chi connectivity index (χ1v) is 8.28. The molecule has 6 heteroatoms. The fourth-order valence-electron chi connectivity index (χ4n) is 1.82. The number of benzene rings is 2. The van der Waals surface area contributed by atoms with Crippen molar-refractivity contribution in [2.45, 2.75) is 25.3 Å². The Morgan fingerprint density at radius 2 is 1.41 bits per heavy atom. The van der Waals surface area contributed by atoms with Crippen molar-refractivity contribution in [2.24, 2.45) is 0 Å². The van der Waals surface area contributed by atoms with Gasteiger partial charge in [0, 0.05) is 6.54 Å². The van der Waals surface area contributed by atoms with Crippen molar-refractivity contribution < 1.29 is 13.2 Å². The lowest BCUT2D eigenvalue weighted by Crippen LogP contribution is -2.39. The van der Waals surface area contributed by atoms with Crippen molar-refractivity contribution in [2.75, 3.05) is 0 Å². The quantitative estimate of drug-likeness (QED) is 0.909. The van der Waals surface area contributed by atoms with Crippen molar-refractivity contribution >= 4 is 16.1 Å². The van der Waals surface area contributed by atoms with E-state index in [4.69, 9.17) is 0 Å². The summed E-state index contributed by atoms with van der Waals surface area (Å²) >= 11 is 0. The van der Waals surface area contributed by atoms with E-state index in [1.54, 1.807) is 12.1 Å². The molecule has 0 unspecified atom stereocenters. The molecular formula is C16H18N2O3S. The molecule has 5 nitrogen and oxygen atoms in total. The molecule has 2 amide bonds. The summed E-state index contributed by atoms with van der Waals surface area (Å²) in [5, 5.41) is 2.53. The Balaban J connectivity index is 1.96. The molecule has 2 N–H and O–H groups in total. The van der Waals surface area contributed by atoms with E-state index < -0.39 is 16.1 Å². The van der Waals surface area contributed by atoms with Crippen LogP contribution < -0.4 is 10.0 Å². The smallest absolute Gasteiger partial charge is 0.328 e. The number of nitrogens with one attached hydrogen (secondary N) is 2. The topological polar surface area (TPSA) is 75.3 Å². The van der Waals surface area contributed by atoms with Crippen molar-refractivity contribution in [3.63, 3.8) is 0 Å². The molecular weight excluding hydrogens is 300 g/mol. The van der Waals surface area contributed by atoms with Gasteiger partial charge in [0.2, 0.25) is 0 Å². The van der Waals surface area contributed by atoms with E-state index in [-0.39, 0.29) is 11.4 Å². The Kier molecular flexibility index (Phi) is 4.82. The molecule has 0 heterocycles. The maximum Gasteiger partial charge on any atom is 0.328 e. The van der Waals surface area contributed by atoms with Gasteiger partial charge in [0.25, 0.3) is 10.0 Å². The summed E-state index contributed by atoms with van der Waals surface area (Å²) in [5.74, 6) is 0. The van der Waals surface area contributed by atoms with Crippen LogP contribution in [0.1, 0.15) is 16.7 Å². The molecule has 2 aromatic rings. The van der Waals surface area contributed by atoms with Crippen LogP contribution in [0, 0.1) is 13.8 Å². The molecule has 0 aliphatic heterocycles. The molecule has 0 bridgehead atoms. The largest absolute Gasteiger partial charge is 0.333 e. The lowest BCUT2D eigenvalue weighted by molar-refractivity contribution is 0.245. The maximum absolute atomic E-state index is 12.0. The first-order chi connectivity index (χ1) is 10.4. The third-order valence-electron chi connectivity index (χ3n) is 3.13. The van der Waals surface area contributed by atoms with Crippen LogP contribution in [-0.2, 0) is 16.6 Å². The Morgan fingerprint density at radius 3 is 1.95 bits per heavy atom. The lowest BCUT2D eigenvalue weighted by atomic mass is 10.1. The molecule has 116 valence electrons. The van der Waals surface area contributed by atoms with Crippen molar-refractivity contribution in [3.8, 4) is 0 Å². The van der Waals surface area contributed by atoms with Crippen LogP contribution in [-0.4, -0.2) is 14.4 Å². The number of hydrogen-bond donors (Lipinski definition) is 2. The summed E-state index contributed by atoms with van der Waals surface area (Å²) in [4.78, 5) is 11.8. The molecule has 2 rings (SSSR count). The number of amides is 2. The summed E-state index contributed by atoms with van der Waals surface area (Å²) in [7, 11) is -3.85. The summed E-state index contributed by atoms with van der Waals surface area (Å²) in [5.41, 5.74) is 2.96. The second-order valence-corrected chi connectivity index (χ2v) is 6.77. The number of urea groups is 1. The molecule has 0 saturated carbocycles. The second-order valence-electron chi connectivity index (χ2n) is 5.09. The Labute approximate surface area is 130 Å². The molecule has 22 heavy (non-hydrogen) atoms. The van der Waals surface area contributed by atoms with Crippen LogP contribution in [0.4, 0.5) is 4.79 Å². The number of sulfonamides is 1. The van der Waals surface area contributed by atoms with Crippen LogP contribution in [0.3, 0.4) is 0 Å². The molecule has 0 saturated heterocycles. The summed E-state index contributed by atoms with van der Waals surface area (Å²) in [6.07, 6.45) is 0. The Hall–Kier alpha value is -2.34. The number of carbonyl (C=O) groups excluding carboxylic acids is 1. The monoisotopic (exact) mass is 318 g/mol. The van der Waals surface area contributed by atoms with Gasteiger partial charge in [0.05, 0.1) is 4.90 Å². The highest BCUT2D eigenvalue weighted by atomic mass is 32.2. The van der Waals surface area contributed by atoms with Gasteiger partial charge in [0.15, 0.2) is 0 Å². The summed E-state index contributed by atoms with van der Waals surface area (Å²) < 4.78 is 26.1. The Morgan fingerprint density at radius 1 is 0.909 bits per heavy atom. The fraction of sp³-hybridized carbons (Fsp3) is 0.188. The van der Waals surface area contributed by atoms with E-state index >= 15 is 0 Å². The van der Waals surface area contributed by atoms with Gasteiger partial charge in [-0.15, -0.1) is 0 Å². The van der Waals surface area contributed by atoms with Crippen LogP contribution in [0.2, 0.25) is 0 Å². The SMILES string of the molecule is Cc1ccc(CNC(=O)NS(=O)(=O)c2ccc(C)cc2)cc1. The van der Waals surface area contributed by atoms with Gasteiger partial charge in [-0.3, -0.25) is 0 Å². The molecule has 0 aromatic heterocycles. The van der Waals surface area contributed by atoms with Crippen molar-refractivity contribution in [1.82, 2.24) is 10.0 Å². The predicted octanol–water partition coefficient (Wildman–Crippen LogP) is 2.49. The van der Waals surface area contributed by atoms with Crippen LogP contribution >= 0.6 is 0 Å². The van der Waals surface area contributed by atoms with E-state index in [2.05, 4.69) is 5.32 Å². The Bertz CT molecular complexity index is 751. The standard InChI is InChI=1S/C16H18N2O3S/c1-12-3-7-14(8-4-12)11-17-16(19)18-22(20,21)15-9-5-13(2)6-10-15/h3-10H,11H2,1-2H3,(H2,17,18,19). The van der Waals surface area contributed by atoms with E-state index in [1.807, 2.05) is 42.8 Å². The predicted molar refractivity (Wildman–Crippen MR) is 84.9 cm³/mol. The molecule has 0 spiro atoms. The number of hydrogen-bond acceptors (Lipinski definition) is 3. The molecule has 2 aromatic carbocycles. The van der Waals surface area contributed by atoms with Crippen LogP contribution in [0.15, 0.2) is 53.4 Å². The average molecular weight is 318 g/mol. The van der Waals surface area contributed by atoms with Crippen molar-refractivity contribution in [1.29, 1.82) is 0 Å². The van der Waals surface area contributed by atoms with E-state index in [1.165, 1.54) is 12.1 Å². The molecule has 0 fully saturated rings. The first-order valence-electron chi connectivity index (χ1n) is 6.80. The van der Waals surface area contributed by atoms with E-state index in [9.17, 15) is 13.2 Å². The lowest BCUT2D eigenvalue weighted by Gasteiger charge is -2.09. The van der Waals surface area contributed by atoms with Gasteiger partial charge < -0.3 is 5.32 Å². The summed E-state index contributed by atoms with van der Waals surface area (Å²) in [6.45, 7) is 4.09. The third-order valence-corrected chi connectivity index (χ3v) is 4.48. The molecule has 0 radical (unpaired) electrons. The van der Waals surface area contributed by atoms with E-state index in [0.717, 1.165) is 16.7 Å². The highest BCUT2D eigenvalue weighted by molar-refractivity contribution is 7.90. The van der Waals surface area contributed by atoms with Gasteiger partial charge in [0.1, 0.15) is 0 Å². The van der Waals surface area contributed by atoms with Crippen LogP contribution in [0.25, 0.3) is 0 Å². The highest BCUT2D eigenvalue weighted by Gasteiger charge is 2.16. The average Bonchev–Trinajstić information content (AvgIpc) is 2.46. The van der Waals surface area contributed by atoms with Gasteiger partial charge in [-0.25, -0.2) is 17.9 Å². The molecule has 0 aliphatic carbocycles. The van der Waals surface area contributed by atoms with Crippen molar-refractivity contribution in [3.05, 3.63) is 65.2 Å². The minimum Gasteiger partial charge on any atom is -0.333 e. The number of rotatable bonds is 4. The minimum atomic E-state index is -3.85. The third kappa shape index (κ3) is 4.33. The zero-order chi connectivity index (χ0) is 16.2. The zero-order valence-corrected chi connectivity index (χ0v) is 13.3. The zero-order valence-electron chi connectivity index (χ0n) is 12.5. The minimum absolute atomic E-state index is 0.0589. The van der Waals surface area contributed by atoms with Gasteiger partial charge in [-0.2, -0.15) is 0 Å². The number of aryl methyl sites for hydroxylation is 2. The number of carbonyl (C=O) groups is 1. The molecule has 0 atom stereocenters. The fourth-order valence-corrected chi connectivity index (χ4v) is 2.75. The van der Waals surface area contributed by atoms with Crippen LogP contribution in [0.5, 0.6) is 0 Å². The normalized spacial score (nSPS) is 11.0. The maximum atomic E-state index is 12.0. The highest BCUT2D eigenvalue weighted by Crippen LogP contribution is 2.09. The van der Waals surface area contributed by atoms with E-state index in [0.29, 0.717) is 0 Å². The van der Waals surface area contributed by atoms with Gasteiger partial charge in [-0.05, 0) is 31.5 Å². The first kappa shape index (κ1) is 16.0. The summed E-state index contributed by atoms with van der Waals surface area (Å²) in [6, 6.07) is 13.2. The van der Waals surface area contributed by atoms with Gasteiger partial charge >= 0.3 is 6.03 Å². The van der Waals surface area contributed by atoms with Gasteiger partial charge in [-0.1, -0.05) is 47.5 Å². The second kappa shape index (κ2) is 6.62. The molecule has 0 aliphatic rings.